The number of ether oxygens (including phenoxy) is 1. The van der Waals surface area contributed by atoms with Crippen LogP contribution in [0.25, 0.3) is 11.0 Å². The maximum absolute atomic E-state index is 4.93. The summed E-state index contributed by atoms with van der Waals surface area (Å²) in [5.74, 6) is 0.934. The van der Waals surface area contributed by atoms with Crippen LogP contribution < -0.4 is 5.32 Å². The van der Waals surface area contributed by atoms with Gasteiger partial charge in [-0.3, -0.25) is 0 Å². The van der Waals surface area contributed by atoms with E-state index in [0.717, 1.165) is 22.5 Å². The van der Waals surface area contributed by atoms with Gasteiger partial charge in [0.15, 0.2) is 0 Å². The summed E-state index contributed by atoms with van der Waals surface area (Å²) in [6.07, 6.45) is 0. The molecule has 0 amide bonds. The van der Waals surface area contributed by atoms with Crippen molar-refractivity contribution in [3.8, 4) is 0 Å². The molecule has 0 radical (unpaired) electrons. The van der Waals surface area contributed by atoms with Crippen molar-refractivity contribution in [3.63, 3.8) is 0 Å². The number of nitrogens with one attached hydrogen (secondary N) is 2. The summed E-state index contributed by atoms with van der Waals surface area (Å²) in [6, 6.07) is 5.99. The topological polar surface area (TPSA) is 49.9 Å². The SMILES string of the molecule is COCNc1ccc2nc(C)[nH]c2c1. The smallest absolute Gasteiger partial charge is 0.116 e. The first-order chi connectivity index (χ1) is 6.79. The summed E-state index contributed by atoms with van der Waals surface area (Å²) < 4.78 is 4.93. The summed E-state index contributed by atoms with van der Waals surface area (Å²) >= 11 is 0. The van der Waals surface area contributed by atoms with E-state index in [2.05, 4.69) is 15.3 Å². The highest BCUT2D eigenvalue weighted by atomic mass is 16.5. The zero-order chi connectivity index (χ0) is 9.97. The monoisotopic (exact) mass is 191 g/mol. The zero-order valence-corrected chi connectivity index (χ0v) is 8.29. The molecule has 0 saturated heterocycles. The van der Waals surface area contributed by atoms with Gasteiger partial charge in [0.1, 0.15) is 12.6 Å². The number of rotatable bonds is 3. The molecule has 0 bridgehead atoms. The third-order valence-electron chi connectivity index (χ3n) is 2.02. The third kappa shape index (κ3) is 1.70. The number of methoxy groups -OCH3 is 1. The number of aromatic amines is 1. The average molecular weight is 191 g/mol. The van der Waals surface area contributed by atoms with E-state index in [1.807, 2.05) is 25.1 Å². The summed E-state index contributed by atoms with van der Waals surface area (Å²) in [6.45, 7) is 2.46. The van der Waals surface area contributed by atoms with Gasteiger partial charge in [-0.15, -0.1) is 0 Å². The van der Waals surface area contributed by atoms with E-state index in [4.69, 9.17) is 4.74 Å². The number of imidazole rings is 1. The highest BCUT2D eigenvalue weighted by Crippen LogP contribution is 2.16. The molecule has 14 heavy (non-hydrogen) atoms. The number of H-pyrrole nitrogens is 1. The number of anilines is 1. The molecule has 2 aromatic rings. The molecule has 4 heteroatoms. The standard InChI is InChI=1S/C10H13N3O/c1-7-12-9-4-3-8(11-6-14-2)5-10(9)13-7/h3-5,11H,6H2,1-2H3,(H,12,13). The molecule has 0 unspecified atom stereocenters. The maximum atomic E-state index is 4.93. The molecule has 0 aliphatic carbocycles. The van der Waals surface area contributed by atoms with Gasteiger partial charge < -0.3 is 15.0 Å². The van der Waals surface area contributed by atoms with Gasteiger partial charge >= 0.3 is 0 Å². The van der Waals surface area contributed by atoms with E-state index in [1.54, 1.807) is 7.11 Å². The molecule has 0 spiro atoms. The lowest BCUT2D eigenvalue weighted by atomic mass is 10.3. The molecular formula is C10H13N3O. The molecule has 1 aromatic heterocycles. The highest BCUT2D eigenvalue weighted by molar-refractivity contribution is 5.79. The molecule has 2 rings (SSSR count). The third-order valence-corrected chi connectivity index (χ3v) is 2.02. The molecular weight excluding hydrogens is 178 g/mol. The molecule has 0 fully saturated rings. The van der Waals surface area contributed by atoms with Gasteiger partial charge in [0.25, 0.3) is 0 Å². The summed E-state index contributed by atoms with van der Waals surface area (Å²) in [4.78, 5) is 7.50. The first-order valence-electron chi connectivity index (χ1n) is 4.49. The fourth-order valence-electron chi connectivity index (χ4n) is 1.40. The summed E-state index contributed by atoms with van der Waals surface area (Å²) in [5, 5.41) is 3.13. The molecule has 2 N–H and O–H groups in total. The van der Waals surface area contributed by atoms with Gasteiger partial charge in [-0.25, -0.2) is 4.98 Å². The van der Waals surface area contributed by atoms with E-state index in [-0.39, 0.29) is 0 Å². The lowest BCUT2D eigenvalue weighted by Crippen LogP contribution is -2.02. The van der Waals surface area contributed by atoms with E-state index >= 15 is 0 Å². The highest BCUT2D eigenvalue weighted by Gasteiger charge is 1.99. The van der Waals surface area contributed by atoms with Crippen LogP contribution in [-0.2, 0) is 4.74 Å². The van der Waals surface area contributed by atoms with Crippen LogP contribution >= 0.6 is 0 Å². The first-order valence-corrected chi connectivity index (χ1v) is 4.49. The van der Waals surface area contributed by atoms with Gasteiger partial charge in [-0.1, -0.05) is 0 Å². The van der Waals surface area contributed by atoms with Crippen molar-refractivity contribution in [1.29, 1.82) is 0 Å². The largest absolute Gasteiger partial charge is 0.365 e. The fraction of sp³-hybridized carbons (Fsp3) is 0.300. The minimum absolute atomic E-state index is 0.513. The van der Waals surface area contributed by atoms with Crippen LogP contribution in [0.2, 0.25) is 0 Å². The molecule has 0 aliphatic heterocycles. The number of aryl methyl sites for hydroxylation is 1. The number of aromatic nitrogens is 2. The minimum Gasteiger partial charge on any atom is -0.365 e. The van der Waals surface area contributed by atoms with E-state index in [1.165, 1.54) is 0 Å². The van der Waals surface area contributed by atoms with Gasteiger partial charge in [-0.2, -0.15) is 0 Å². The Balaban J connectivity index is 2.31. The second-order valence-corrected chi connectivity index (χ2v) is 3.16. The molecule has 0 saturated carbocycles. The van der Waals surface area contributed by atoms with Crippen molar-refractivity contribution in [3.05, 3.63) is 24.0 Å². The van der Waals surface area contributed by atoms with Crippen LogP contribution in [0.15, 0.2) is 18.2 Å². The molecule has 1 aromatic carbocycles. The number of hydrogen-bond donors (Lipinski definition) is 2. The van der Waals surface area contributed by atoms with Crippen LogP contribution in [0, 0.1) is 6.92 Å². The lowest BCUT2D eigenvalue weighted by Gasteiger charge is -2.03. The quantitative estimate of drug-likeness (QED) is 0.728. The van der Waals surface area contributed by atoms with Gasteiger partial charge in [0, 0.05) is 12.8 Å². The lowest BCUT2D eigenvalue weighted by molar-refractivity contribution is 0.221. The molecule has 1 heterocycles. The van der Waals surface area contributed by atoms with Crippen molar-refractivity contribution in [2.45, 2.75) is 6.92 Å². The number of nitrogens with zero attached hydrogens (tertiary/aromatic N) is 1. The minimum atomic E-state index is 0.513. The normalized spacial score (nSPS) is 10.7. The Kier molecular flexibility index (Phi) is 2.37. The molecule has 0 aliphatic rings. The van der Waals surface area contributed by atoms with Crippen LogP contribution in [0.5, 0.6) is 0 Å². The van der Waals surface area contributed by atoms with Crippen LogP contribution in [0.4, 0.5) is 5.69 Å². The van der Waals surface area contributed by atoms with Crippen molar-refractivity contribution < 1.29 is 4.74 Å². The first kappa shape index (κ1) is 9.02. The Morgan fingerprint density at radius 3 is 3.14 bits per heavy atom. The Hall–Kier alpha value is -1.55. The van der Waals surface area contributed by atoms with Gasteiger partial charge in [0.2, 0.25) is 0 Å². The Morgan fingerprint density at radius 2 is 2.36 bits per heavy atom. The van der Waals surface area contributed by atoms with Crippen LogP contribution in [-0.4, -0.2) is 23.8 Å². The van der Waals surface area contributed by atoms with Crippen molar-refractivity contribution >= 4 is 16.7 Å². The second kappa shape index (κ2) is 3.67. The Morgan fingerprint density at radius 1 is 1.50 bits per heavy atom. The second-order valence-electron chi connectivity index (χ2n) is 3.16. The predicted molar refractivity (Wildman–Crippen MR) is 56.3 cm³/mol. The Bertz CT molecular complexity index is 436. The average Bonchev–Trinajstić information content (AvgIpc) is 2.54. The zero-order valence-electron chi connectivity index (χ0n) is 8.29. The van der Waals surface area contributed by atoms with Crippen molar-refractivity contribution in [2.75, 3.05) is 19.2 Å². The number of fused-ring (bicyclic) bond motifs is 1. The van der Waals surface area contributed by atoms with E-state index in [9.17, 15) is 0 Å². The molecule has 4 nitrogen and oxygen atoms in total. The number of hydrogen-bond acceptors (Lipinski definition) is 3. The fourth-order valence-corrected chi connectivity index (χ4v) is 1.40. The van der Waals surface area contributed by atoms with Crippen LogP contribution in [0.3, 0.4) is 0 Å². The summed E-state index contributed by atoms with van der Waals surface area (Å²) in [5.41, 5.74) is 3.07. The molecule has 74 valence electrons. The van der Waals surface area contributed by atoms with E-state index < -0.39 is 0 Å². The van der Waals surface area contributed by atoms with E-state index in [0.29, 0.717) is 6.73 Å². The van der Waals surface area contributed by atoms with Crippen LogP contribution in [0.1, 0.15) is 5.82 Å². The number of benzene rings is 1. The van der Waals surface area contributed by atoms with Crippen molar-refractivity contribution in [1.82, 2.24) is 9.97 Å². The Labute approximate surface area is 82.3 Å². The van der Waals surface area contributed by atoms with Crippen molar-refractivity contribution in [2.24, 2.45) is 0 Å². The molecule has 0 atom stereocenters. The van der Waals surface area contributed by atoms with Gasteiger partial charge in [-0.05, 0) is 25.1 Å². The summed E-state index contributed by atoms with van der Waals surface area (Å²) in [7, 11) is 1.66. The maximum Gasteiger partial charge on any atom is 0.116 e. The predicted octanol–water partition coefficient (Wildman–Crippen LogP) is 1.89. The van der Waals surface area contributed by atoms with Gasteiger partial charge in [0.05, 0.1) is 11.0 Å².